The third-order valence-electron chi connectivity index (χ3n) is 4.33. The molecule has 3 rings (SSSR count). The second-order valence-corrected chi connectivity index (χ2v) is 7.78. The van der Waals surface area contributed by atoms with Gasteiger partial charge >= 0.3 is 5.97 Å². The van der Waals surface area contributed by atoms with E-state index in [0.29, 0.717) is 23.1 Å². The number of benzene rings is 2. The van der Waals surface area contributed by atoms with Crippen molar-refractivity contribution in [2.75, 3.05) is 0 Å². The van der Waals surface area contributed by atoms with Crippen LogP contribution in [0.4, 0.5) is 0 Å². The summed E-state index contributed by atoms with van der Waals surface area (Å²) < 4.78 is 26.4. The average Bonchev–Trinajstić information content (AvgIpc) is 3.14. The predicted molar refractivity (Wildman–Crippen MR) is 103 cm³/mol. The number of hydrogen-bond acceptors (Lipinski definition) is 3. The van der Waals surface area contributed by atoms with E-state index >= 15 is 0 Å². The highest BCUT2D eigenvalue weighted by Gasteiger charge is 2.22. The smallest absolute Gasteiger partial charge is 0.335 e. The monoisotopic (exact) mass is 384 g/mol. The summed E-state index contributed by atoms with van der Waals surface area (Å²) in [6, 6.07) is 15.6. The van der Waals surface area contributed by atoms with Gasteiger partial charge in [0.15, 0.2) is 0 Å². The number of aromatic carboxylic acids is 1. The molecule has 0 aliphatic rings. The van der Waals surface area contributed by atoms with E-state index in [1.165, 1.54) is 6.07 Å². The number of nitrogens with zero attached hydrogens (tertiary/aromatic N) is 1. The lowest BCUT2D eigenvalue weighted by molar-refractivity contribution is 0.0696. The number of carboxylic acid groups (broad SMARTS) is 1. The molecule has 0 spiro atoms. The fourth-order valence-corrected chi connectivity index (χ4v) is 3.95. The Labute approximate surface area is 157 Å². The zero-order valence-electron chi connectivity index (χ0n) is 14.6. The average molecular weight is 384 g/mol. The molecule has 140 valence electrons. The first-order chi connectivity index (χ1) is 12.9. The van der Waals surface area contributed by atoms with E-state index in [9.17, 15) is 18.3 Å². The van der Waals surface area contributed by atoms with Crippen LogP contribution in [0.15, 0.2) is 71.9 Å². The maximum Gasteiger partial charge on any atom is 0.335 e. The molecule has 0 aliphatic carbocycles. The maximum atomic E-state index is 12.2. The number of carbonyl (C=O) groups is 1. The molecule has 0 bridgehead atoms. The lowest BCUT2D eigenvalue weighted by Gasteiger charge is -2.16. The van der Waals surface area contributed by atoms with Gasteiger partial charge in [0.05, 0.1) is 10.5 Å². The van der Waals surface area contributed by atoms with E-state index in [-0.39, 0.29) is 10.5 Å². The Morgan fingerprint density at radius 1 is 1.04 bits per heavy atom. The Hall–Kier alpha value is -2.90. The van der Waals surface area contributed by atoms with E-state index in [2.05, 4.69) is 0 Å². The Morgan fingerprint density at radius 3 is 2.30 bits per heavy atom. The molecule has 0 amide bonds. The van der Waals surface area contributed by atoms with Crippen molar-refractivity contribution >= 4 is 16.0 Å². The van der Waals surface area contributed by atoms with E-state index in [4.69, 9.17) is 5.14 Å². The minimum atomic E-state index is -4.10. The first-order valence-electron chi connectivity index (χ1n) is 8.45. The molecule has 0 unspecified atom stereocenters. The zero-order valence-corrected chi connectivity index (χ0v) is 15.4. The van der Waals surface area contributed by atoms with Crippen LogP contribution in [0.3, 0.4) is 0 Å². The summed E-state index contributed by atoms with van der Waals surface area (Å²) in [6.07, 6.45) is 5.14. The summed E-state index contributed by atoms with van der Waals surface area (Å²) >= 11 is 0. The van der Waals surface area contributed by atoms with Crippen LogP contribution in [0.1, 0.15) is 22.3 Å². The molecule has 0 fully saturated rings. The number of sulfonamides is 1. The summed E-state index contributed by atoms with van der Waals surface area (Å²) in [7, 11) is -4.10. The second-order valence-electron chi connectivity index (χ2n) is 6.25. The summed E-state index contributed by atoms with van der Waals surface area (Å²) in [4.78, 5) is 11.3. The van der Waals surface area contributed by atoms with Crippen LogP contribution < -0.4 is 5.14 Å². The Bertz CT molecular complexity index is 1040. The van der Waals surface area contributed by atoms with Crippen LogP contribution in [-0.2, 0) is 23.0 Å². The zero-order chi connectivity index (χ0) is 19.4. The number of hydrogen-bond donors (Lipinski definition) is 2. The van der Waals surface area contributed by atoms with Gasteiger partial charge in [-0.25, -0.2) is 18.4 Å². The molecule has 27 heavy (non-hydrogen) atoms. The molecule has 0 radical (unpaired) electrons. The van der Waals surface area contributed by atoms with Crippen molar-refractivity contribution < 1.29 is 18.3 Å². The molecule has 3 N–H and O–H groups in total. The van der Waals surface area contributed by atoms with Crippen LogP contribution >= 0.6 is 0 Å². The van der Waals surface area contributed by atoms with Gasteiger partial charge in [0.25, 0.3) is 0 Å². The molecule has 0 atom stereocenters. The SMILES string of the molecule is NS(=O)(=O)c1cc(C(=O)O)cc(CCCn2cccc2)c1-c1ccccc1. The Kier molecular flexibility index (Phi) is 5.43. The van der Waals surface area contributed by atoms with Gasteiger partial charge in [-0.05, 0) is 48.2 Å². The van der Waals surface area contributed by atoms with Crippen molar-refractivity contribution in [2.45, 2.75) is 24.3 Å². The predicted octanol–water partition coefficient (Wildman–Crippen LogP) is 3.13. The summed E-state index contributed by atoms with van der Waals surface area (Å²) in [6.45, 7) is 0.739. The number of aryl methyl sites for hydroxylation is 2. The lowest BCUT2D eigenvalue weighted by atomic mass is 9.94. The number of primary sulfonamides is 1. The quantitative estimate of drug-likeness (QED) is 0.653. The molecule has 7 heteroatoms. The highest BCUT2D eigenvalue weighted by molar-refractivity contribution is 7.89. The normalized spacial score (nSPS) is 11.4. The molecular formula is C20H20N2O4S. The summed E-state index contributed by atoms with van der Waals surface area (Å²) in [5.41, 5.74) is 1.72. The van der Waals surface area contributed by atoms with Gasteiger partial charge in [-0.3, -0.25) is 0 Å². The topological polar surface area (TPSA) is 102 Å². The fraction of sp³-hybridized carbons (Fsp3) is 0.150. The molecule has 0 aliphatic heterocycles. The summed E-state index contributed by atoms with van der Waals surface area (Å²) in [5, 5.41) is 14.8. The van der Waals surface area contributed by atoms with Gasteiger partial charge in [-0.1, -0.05) is 30.3 Å². The van der Waals surface area contributed by atoms with Gasteiger partial charge in [0.2, 0.25) is 10.0 Å². The largest absolute Gasteiger partial charge is 0.478 e. The molecule has 1 aromatic heterocycles. The first kappa shape index (κ1) is 18.9. The van der Waals surface area contributed by atoms with Crippen molar-refractivity contribution in [2.24, 2.45) is 5.14 Å². The van der Waals surface area contributed by atoms with Gasteiger partial charge < -0.3 is 9.67 Å². The van der Waals surface area contributed by atoms with Gasteiger partial charge in [-0.15, -0.1) is 0 Å². The molecule has 6 nitrogen and oxygen atoms in total. The van der Waals surface area contributed by atoms with Gasteiger partial charge in [-0.2, -0.15) is 0 Å². The van der Waals surface area contributed by atoms with Crippen LogP contribution in [-0.4, -0.2) is 24.1 Å². The molecular weight excluding hydrogens is 364 g/mol. The second kappa shape index (κ2) is 7.77. The fourth-order valence-electron chi connectivity index (χ4n) is 3.12. The van der Waals surface area contributed by atoms with E-state index in [1.54, 1.807) is 24.3 Å². The van der Waals surface area contributed by atoms with Crippen molar-refractivity contribution in [1.29, 1.82) is 0 Å². The van der Waals surface area contributed by atoms with Gasteiger partial charge in [0, 0.05) is 24.5 Å². The Morgan fingerprint density at radius 2 is 1.70 bits per heavy atom. The molecule has 0 saturated heterocycles. The van der Waals surface area contributed by atoms with Crippen molar-refractivity contribution in [1.82, 2.24) is 4.57 Å². The highest BCUT2D eigenvalue weighted by atomic mass is 32.2. The van der Waals surface area contributed by atoms with Crippen LogP contribution in [0.2, 0.25) is 0 Å². The first-order valence-corrected chi connectivity index (χ1v) is 10.00. The minimum Gasteiger partial charge on any atom is -0.478 e. The van der Waals surface area contributed by atoms with Crippen LogP contribution in [0.25, 0.3) is 11.1 Å². The van der Waals surface area contributed by atoms with E-state index in [1.807, 2.05) is 35.2 Å². The van der Waals surface area contributed by atoms with Crippen LogP contribution in [0, 0.1) is 0 Å². The highest BCUT2D eigenvalue weighted by Crippen LogP contribution is 2.32. The van der Waals surface area contributed by atoms with Crippen molar-refractivity contribution in [3.05, 3.63) is 78.1 Å². The maximum absolute atomic E-state index is 12.2. The number of aromatic nitrogens is 1. The summed E-state index contributed by atoms with van der Waals surface area (Å²) in [5.74, 6) is -1.19. The molecule has 0 saturated carbocycles. The van der Waals surface area contributed by atoms with E-state index in [0.717, 1.165) is 19.0 Å². The molecule has 3 aromatic rings. The van der Waals surface area contributed by atoms with Crippen LogP contribution in [0.5, 0.6) is 0 Å². The lowest BCUT2D eigenvalue weighted by Crippen LogP contribution is -2.16. The number of nitrogens with two attached hydrogens (primary N) is 1. The molecule has 2 aromatic carbocycles. The third kappa shape index (κ3) is 4.45. The molecule has 1 heterocycles. The third-order valence-corrected chi connectivity index (χ3v) is 5.26. The number of rotatable bonds is 7. The van der Waals surface area contributed by atoms with E-state index < -0.39 is 16.0 Å². The van der Waals surface area contributed by atoms with Crippen molar-refractivity contribution in [3.8, 4) is 11.1 Å². The van der Waals surface area contributed by atoms with Gasteiger partial charge in [0.1, 0.15) is 0 Å². The minimum absolute atomic E-state index is 0.0883. The number of carboxylic acids is 1. The standard InChI is InChI=1S/C20H20N2O4S/c21-27(25,26)18-14-17(20(23)24)13-16(9-6-12-22-10-4-5-11-22)19(18)15-7-2-1-3-8-15/h1-5,7-8,10-11,13-14H,6,9,12H2,(H,23,24)(H2,21,25,26). The Balaban J connectivity index is 2.10. The van der Waals surface area contributed by atoms with Crippen molar-refractivity contribution in [3.63, 3.8) is 0 Å².